The van der Waals surface area contributed by atoms with Crippen molar-refractivity contribution in [2.45, 2.75) is 49.1 Å². The molecule has 0 N–H and O–H groups in total. The third-order valence-electron chi connectivity index (χ3n) is 7.01. The van der Waals surface area contributed by atoms with Gasteiger partial charge in [-0.05, 0) is 74.2 Å². The average Bonchev–Trinajstić information content (AvgIpc) is 3.43. The number of hydrogen-bond donors (Lipinski definition) is 0. The van der Waals surface area contributed by atoms with Crippen LogP contribution in [0.4, 0.5) is 13.2 Å². The third kappa shape index (κ3) is 5.46. The molecule has 0 aliphatic carbocycles. The molecule has 12 heteroatoms. The zero-order chi connectivity index (χ0) is 26.9. The van der Waals surface area contributed by atoms with E-state index in [1.165, 1.54) is 40.7 Å². The van der Waals surface area contributed by atoms with Crippen LogP contribution in [0.1, 0.15) is 59.8 Å². The van der Waals surface area contributed by atoms with E-state index in [0.717, 1.165) is 31.4 Å². The second kappa shape index (κ2) is 10.5. The molecule has 2 aliphatic heterocycles. The van der Waals surface area contributed by atoms with Crippen LogP contribution in [0.2, 0.25) is 0 Å². The fraction of sp³-hybridized carbons (Fsp3) is 0.423. The number of carbonyl (C=O) groups is 1. The Morgan fingerprint density at radius 3 is 2.24 bits per heavy atom. The molecule has 1 amide bonds. The Morgan fingerprint density at radius 2 is 1.58 bits per heavy atom. The number of hydrogen-bond acceptors (Lipinski definition) is 6. The number of piperidine rings is 2. The molecule has 1 unspecified atom stereocenters. The van der Waals surface area contributed by atoms with E-state index >= 15 is 0 Å². The van der Waals surface area contributed by atoms with Crippen LogP contribution in [-0.4, -0.2) is 59.9 Å². The smallest absolute Gasteiger partial charge is 0.416 e. The monoisotopic (exact) mass is 548 g/mol. The first-order valence-electron chi connectivity index (χ1n) is 12.5. The Labute approximate surface area is 218 Å². The van der Waals surface area contributed by atoms with Gasteiger partial charge in [-0.1, -0.05) is 6.42 Å². The molecule has 2 aromatic carbocycles. The average molecular weight is 549 g/mol. The molecule has 2 fully saturated rings. The Kier molecular flexibility index (Phi) is 7.28. The van der Waals surface area contributed by atoms with Gasteiger partial charge >= 0.3 is 6.18 Å². The molecule has 0 spiro atoms. The first kappa shape index (κ1) is 26.4. The van der Waals surface area contributed by atoms with Gasteiger partial charge in [0.1, 0.15) is 0 Å². The van der Waals surface area contributed by atoms with Gasteiger partial charge in [-0.15, -0.1) is 10.2 Å². The predicted molar refractivity (Wildman–Crippen MR) is 132 cm³/mol. The molecule has 0 radical (unpaired) electrons. The predicted octanol–water partition coefficient (Wildman–Crippen LogP) is 4.95. The van der Waals surface area contributed by atoms with Gasteiger partial charge in [-0.2, -0.15) is 17.5 Å². The van der Waals surface area contributed by atoms with Crippen LogP contribution in [0.5, 0.6) is 0 Å². The van der Waals surface area contributed by atoms with Gasteiger partial charge in [0.2, 0.25) is 21.8 Å². The van der Waals surface area contributed by atoms with Gasteiger partial charge in [-0.25, -0.2) is 8.42 Å². The topological polar surface area (TPSA) is 96.6 Å². The lowest BCUT2D eigenvalue weighted by atomic mass is 9.97. The highest BCUT2D eigenvalue weighted by Crippen LogP contribution is 2.32. The standard InChI is InChI=1S/C26H27F3N4O4S/c27-26(28,29)21-10-6-18(7-11-21)23-30-31-24(37-23)20-5-4-14-32(17-20)25(34)19-8-12-22(13-9-19)38(35,36)33-15-2-1-3-16-33/h6-13,20H,1-5,14-17H2. The highest BCUT2D eigenvalue weighted by molar-refractivity contribution is 7.89. The molecule has 202 valence electrons. The molecule has 0 saturated carbocycles. The maximum absolute atomic E-state index is 13.2. The van der Waals surface area contributed by atoms with Crippen molar-refractivity contribution in [3.63, 3.8) is 0 Å². The van der Waals surface area contributed by atoms with Crippen molar-refractivity contribution < 1.29 is 30.8 Å². The quantitative estimate of drug-likeness (QED) is 0.448. The van der Waals surface area contributed by atoms with E-state index in [1.54, 1.807) is 4.90 Å². The second-order valence-electron chi connectivity index (χ2n) is 9.60. The van der Waals surface area contributed by atoms with Crippen LogP contribution < -0.4 is 0 Å². The third-order valence-corrected chi connectivity index (χ3v) is 8.92. The van der Waals surface area contributed by atoms with Gasteiger partial charge in [-0.3, -0.25) is 4.79 Å². The molecule has 1 aromatic heterocycles. The Morgan fingerprint density at radius 1 is 0.895 bits per heavy atom. The van der Waals surface area contributed by atoms with Gasteiger partial charge in [0.05, 0.1) is 16.4 Å². The van der Waals surface area contributed by atoms with Crippen LogP contribution in [0.25, 0.3) is 11.5 Å². The van der Waals surface area contributed by atoms with E-state index in [2.05, 4.69) is 10.2 Å². The van der Waals surface area contributed by atoms with Gasteiger partial charge in [0.25, 0.3) is 5.91 Å². The first-order valence-corrected chi connectivity index (χ1v) is 14.0. The number of aromatic nitrogens is 2. The summed E-state index contributed by atoms with van der Waals surface area (Å²) in [6.07, 6.45) is -0.300. The highest BCUT2D eigenvalue weighted by atomic mass is 32.2. The summed E-state index contributed by atoms with van der Waals surface area (Å²) in [5, 5.41) is 8.08. The van der Waals surface area contributed by atoms with Crippen LogP contribution >= 0.6 is 0 Å². The van der Waals surface area contributed by atoms with E-state index in [4.69, 9.17) is 4.42 Å². The van der Waals surface area contributed by atoms with E-state index in [0.29, 0.717) is 56.0 Å². The van der Waals surface area contributed by atoms with Gasteiger partial charge in [0, 0.05) is 37.3 Å². The molecule has 5 rings (SSSR count). The van der Waals surface area contributed by atoms with Crippen molar-refractivity contribution in [1.29, 1.82) is 0 Å². The molecule has 3 aromatic rings. The number of nitrogens with zero attached hydrogens (tertiary/aromatic N) is 4. The number of likely N-dealkylation sites (tertiary alicyclic amines) is 1. The summed E-state index contributed by atoms with van der Waals surface area (Å²) in [5.74, 6) is -0.00991. The van der Waals surface area contributed by atoms with Crippen LogP contribution in [-0.2, 0) is 16.2 Å². The number of carbonyl (C=O) groups excluding carboxylic acids is 1. The lowest BCUT2D eigenvalue weighted by Gasteiger charge is -2.31. The lowest BCUT2D eigenvalue weighted by molar-refractivity contribution is -0.137. The molecule has 0 bridgehead atoms. The SMILES string of the molecule is O=C(c1ccc(S(=O)(=O)N2CCCCC2)cc1)N1CCCC(c2nnc(-c3ccc(C(F)(F)F)cc3)o2)C1. The number of alkyl halides is 3. The molecule has 8 nitrogen and oxygen atoms in total. The summed E-state index contributed by atoms with van der Waals surface area (Å²) in [7, 11) is -3.58. The zero-order valence-corrected chi connectivity index (χ0v) is 21.3. The van der Waals surface area contributed by atoms with Crippen LogP contribution in [0.15, 0.2) is 57.8 Å². The maximum atomic E-state index is 13.2. The lowest BCUT2D eigenvalue weighted by Crippen LogP contribution is -2.39. The van der Waals surface area contributed by atoms with Crippen molar-refractivity contribution in [1.82, 2.24) is 19.4 Å². The van der Waals surface area contributed by atoms with Crippen molar-refractivity contribution in [2.75, 3.05) is 26.2 Å². The molecule has 3 heterocycles. The summed E-state index contributed by atoms with van der Waals surface area (Å²) >= 11 is 0. The number of sulfonamides is 1. The fourth-order valence-corrected chi connectivity index (χ4v) is 6.40. The fourth-order valence-electron chi connectivity index (χ4n) is 4.89. The summed E-state index contributed by atoms with van der Waals surface area (Å²) in [6.45, 7) is 1.88. The molecular weight excluding hydrogens is 521 g/mol. The van der Waals surface area contributed by atoms with Crippen molar-refractivity contribution in [3.8, 4) is 11.5 Å². The largest absolute Gasteiger partial charge is 0.420 e. The molecule has 1 atom stereocenters. The molecule has 2 saturated heterocycles. The highest BCUT2D eigenvalue weighted by Gasteiger charge is 2.32. The van der Waals surface area contributed by atoms with Crippen LogP contribution in [0.3, 0.4) is 0 Å². The minimum Gasteiger partial charge on any atom is -0.420 e. The Bertz CT molecular complexity index is 1380. The minimum absolute atomic E-state index is 0.114. The maximum Gasteiger partial charge on any atom is 0.416 e. The normalized spacial score (nSPS) is 19.4. The number of amides is 1. The molecule has 2 aliphatic rings. The van der Waals surface area contributed by atoms with Crippen molar-refractivity contribution in [2.24, 2.45) is 0 Å². The molecule has 38 heavy (non-hydrogen) atoms. The Balaban J connectivity index is 1.25. The number of rotatable bonds is 5. The Hall–Kier alpha value is -3.25. The van der Waals surface area contributed by atoms with E-state index in [-0.39, 0.29) is 22.6 Å². The van der Waals surface area contributed by atoms with Crippen molar-refractivity contribution >= 4 is 15.9 Å². The summed E-state index contributed by atoms with van der Waals surface area (Å²) in [4.78, 5) is 15.0. The van der Waals surface area contributed by atoms with Crippen LogP contribution in [0, 0.1) is 0 Å². The second-order valence-corrected chi connectivity index (χ2v) is 11.5. The van der Waals surface area contributed by atoms with E-state index < -0.39 is 21.8 Å². The van der Waals surface area contributed by atoms with Crippen molar-refractivity contribution in [3.05, 3.63) is 65.5 Å². The summed E-state index contributed by atoms with van der Waals surface area (Å²) in [6, 6.07) is 10.5. The minimum atomic E-state index is -4.43. The molecular formula is C26H27F3N4O4S. The number of benzene rings is 2. The van der Waals surface area contributed by atoms with Gasteiger partial charge in [0.15, 0.2) is 0 Å². The number of halogens is 3. The summed E-state index contributed by atoms with van der Waals surface area (Å²) in [5.41, 5.74) is -0.00106. The summed E-state index contributed by atoms with van der Waals surface area (Å²) < 4.78 is 71.5. The first-order chi connectivity index (χ1) is 18.1. The zero-order valence-electron chi connectivity index (χ0n) is 20.5. The van der Waals surface area contributed by atoms with E-state index in [9.17, 15) is 26.4 Å². The van der Waals surface area contributed by atoms with E-state index in [1.807, 2.05) is 0 Å². The van der Waals surface area contributed by atoms with Gasteiger partial charge < -0.3 is 9.32 Å².